The Hall–Kier alpha value is -1.08. The van der Waals surface area contributed by atoms with Crippen LogP contribution in [0.2, 0.25) is 0 Å². The molecule has 126 valence electrons. The third kappa shape index (κ3) is 3.55. The van der Waals surface area contributed by atoms with Crippen LogP contribution in [0.4, 0.5) is 13.2 Å². The molecule has 0 spiro atoms. The Labute approximate surface area is 141 Å². The standard InChI is InChI=1S/C16H18BrF3N2O/c17-12-4-2-11(3-5-12)15(7-1-8-15)21-13-6-9-22(14(13)23)10-16(18,19)20/h2-5,13,21H,1,6-10H2. The number of carbonyl (C=O) groups excluding carboxylic acids is 1. The van der Waals surface area contributed by atoms with Gasteiger partial charge in [-0.3, -0.25) is 10.1 Å². The molecule has 1 unspecified atom stereocenters. The van der Waals surface area contributed by atoms with Gasteiger partial charge >= 0.3 is 6.18 Å². The second-order valence-electron chi connectivity index (χ2n) is 6.30. The number of rotatable bonds is 4. The SMILES string of the molecule is O=C1C(NC2(c3ccc(Br)cc3)CCC2)CCN1CC(F)(F)F. The molecular formula is C16H18BrF3N2O. The highest BCUT2D eigenvalue weighted by Crippen LogP contribution is 2.42. The highest BCUT2D eigenvalue weighted by molar-refractivity contribution is 9.10. The fourth-order valence-electron chi connectivity index (χ4n) is 3.40. The Bertz CT molecular complexity index is 584. The van der Waals surface area contributed by atoms with Crippen LogP contribution < -0.4 is 5.32 Å². The summed E-state index contributed by atoms with van der Waals surface area (Å²) in [7, 11) is 0. The average Bonchev–Trinajstić information content (AvgIpc) is 2.75. The van der Waals surface area contributed by atoms with Crippen LogP contribution in [0, 0.1) is 0 Å². The highest BCUT2D eigenvalue weighted by atomic mass is 79.9. The van der Waals surface area contributed by atoms with Gasteiger partial charge in [0.1, 0.15) is 6.54 Å². The van der Waals surface area contributed by atoms with Crippen molar-refractivity contribution in [2.75, 3.05) is 13.1 Å². The Morgan fingerprint density at radius 1 is 1.26 bits per heavy atom. The van der Waals surface area contributed by atoms with E-state index in [1.165, 1.54) is 0 Å². The number of hydrogen-bond acceptors (Lipinski definition) is 2. The average molecular weight is 391 g/mol. The normalized spacial score (nSPS) is 23.9. The third-order valence-corrected chi connectivity index (χ3v) is 5.25. The van der Waals surface area contributed by atoms with Crippen LogP contribution in [0.3, 0.4) is 0 Å². The number of carbonyl (C=O) groups is 1. The maximum atomic E-state index is 12.5. The number of nitrogens with one attached hydrogen (secondary N) is 1. The molecule has 1 saturated carbocycles. The largest absolute Gasteiger partial charge is 0.406 e. The molecule has 23 heavy (non-hydrogen) atoms. The van der Waals surface area contributed by atoms with Gasteiger partial charge in [0.2, 0.25) is 5.91 Å². The lowest BCUT2D eigenvalue weighted by Gasteiger charge is -2.45. The van der Waals surface area contributed by atoms with Crippen molar-refractivity contribution in [2.45, 2.75) is 43.4 Å². The molecule has 1 aliphatic carbocycles. The molecular weight excluding hydrogens is 373 g/mol. The van der Waals surface area contributed by atoms with Crippen LogP contribution in [0.25, 0.3) is 0 Å². The van der Waals surface area contributed by atoms with Crippen molar-refractivity contribution < 1.29 is 18.0 Å². The summed E-state index contributed by atoms with van der Waals surface area (Å²) in [5.74, 6) is -0.439. The zero-order chi connectivity index (χ0) is 16.7. The molecule has 7 heteroatoms. The first-order chi connectivity index (χ1) is 10.8. The Morgan fingerprint density at radius 2 is 1.91 bits per heavy atom. The van der Waals surface area contributed by atoms with Gasteiger partial charge in [-0.1, -0.05) is 28.1 Å². The van der Waals surface area contributed by atoms with Crippen molar-refractivity contribution in [3.63, 3.8) is 0 Å². The Kier molecular flexibility index (Phi) is 4.44. The molecule has 1 aromatic carbocycles. The predicted octanol–water partition coefficient (Wildman–Crippen LogP) is 3.58. The lowest BCUT2D eigenvalue weighted by molar-refractivity contribution is -0.158. The number of amides is 1. The van der Waals surface area contributed by atoms with Crippen molar-refractivity contribution in [1.82, 2.24) is 10.2 Å². The van der Waals surface area contributed by atoms with Crippen molar-refractivity contribution in [2.24, 2.45) is 0 Å². The number of likely N-dealkylation sites (tertiary alicyclic amines) is 1. The summed E-state index contributed by atoms with van der Waals surface area (Å²) in [5.41, 5.74) is 0.809. The van der Waals surface area contributed by atoms with E-state index in [9.17, 15) is 18.0 Å². The molecule has 0 aromatic heterocycles. The summed E-state index contributed by atoms with van der Waals surface area (Å²) in [6.45, 7) is -0.998. The van der Waals surface area contributed by atoms with Crippen molar-refractivity contribution >= 4 is 21.8 Å². The van der Waals surface area contributed by atoms with Crippen LogP contribution >= 0.6 is 15.9 Å². The number of halogens is 4. The number of hydrogen-bond donors (Lipinski definition) is 1. The molecule has 1 N–H and O–H groups in total. The van der Waals surface area contributed by atoms with E-state index in [4.69, 9.17) is 0 Å². The Morgan fingerprint density at radius 3 is 2.43 bits per heavy atom. The van der Waals surface area contributed by atoms with Crippen LogP contribution in [0.1, 0.15) is 31.2 Å². The van der Waals surface area contributed by atoms with E-state index in [-0.39, 0.29) is 12.1 Å². The van der Waals surface area contributed by atoms with Gasteiger partial charge < -0.3 is 4.90 Å². The lowest BCUT2D eigenvalue weighted by Crippen LogP contribution is -2.55. The monoisotopic (exact) mass is 390 g/mol. The minimum atomic E-state index is -4.34. The van der Waals surface area contributed by atoms with Crippen LogP contribution in [-0.4, -0.2) is 36.1 Å². The van der Waals surface area contributed by atoms with Crippen LogP contribution in [-0.2, 0) is 10.3 Å². The minimum Gasteiger partial charge on any atom is -0.332 e. The van der Waals surface area contributed by atoms with Crippen molar-refractivity contribution in [3.05, 3.63) is 34.3 Å². The molecule has 0 bridgehead atoms. The summed E-state index contributed by atoms with van der Waals surface area (Å²) in [5, 5.41) is 3.36. The first-order valence-corrected chi connectivity index (χ1v) is 8.48. The number of nitrogens with zero attached hydrogens (tertiary/aromatic N) is 1. The first kappa shape index (κ1) is 16.8. The molecule has 1 saturated heterocycles. The fourth-order valence-corrected chi connectivity index (χ4v) is 3.66. The van der Waals surface area contributed by atoms with E-state index in [1.54, 1.807) is 0 Å². The first-order valence-electron chi connectivity index (χ1n) is 7.68. The van der Waals surface area contributed by atoms with Crippen LogP contribution in [0.5, 0.6) is 0 Å². The number of alkyl halides is 3. The minimum absolute atomic E-state index is 0.159. The van der Waals surface area contributed by atoms with Gasteiger partial charge in [0.15, 0.2) is 0 Å². The van der Waals surface area contributed by atoms with Gasteiger partial charge in [0.05, 0.1) is 6.04 Å². The van der Waals surface area contributed by atoms with E-state index in [1.807, 2.05) is 24.3 Å². The molecule has 1 amide bonds. The molecule has 3 rings (SSSR count). The van der Waals surface area contributed by atoms with Gasteiger partial charge in [-0.05, 0) is 43.4 Å². The molecule has 1 aliphatic heterocycles. The molecule has 3 nitrogen and oxygen atoms in total. The zero-order valence-corrected chi connectivity index (χ0v) is 14.1. The van der Waals surface area contributed by atoms with Crippen LogP contribution in [0.15, 0.2) is 28.7 Å². The molecule has 1 heterocycles. The molecule has 2 aliphatic rings. The Balaban J connectivity index is 1.71. The van der Waals surface area contributed by atoms with Crippen molar-refractivity contribution in [3.8, 4) is 0 Å². The highest BCUT2D eigenvalue weighted by Gasteiger charge is 2.45. The maximum absolute atomic E-state index is 12.5. The topological polar surface area (TPSA) is 32.3 Å². The van der Waals surface area contributed by atoms with E-state index in [0.29, 0.717) is 6.42 Å². The second-order valence-corrected chi connectivity index (χ2v) is 7.22. The summed E-state index contributed by atoms with van der Waals surface area (Å²) in [4.78, 5) is 13.2. The van der Waals surface area contributed by atoms with Crippen molar-refractivity contribution in [1.29, 1.82) is 0 Å². The van der Waals surface area contributed by atoms with Gasteiger partial charge in [0, 0.05) is 16.6 Å². The quantitative estimate of drug-likeness (QED) is 0.851. The van der Waals surface area contributed by atoms with Gasteiger partial charge in [-0.2, -0.15) is 13.2 Å². The van der Waals surface area contributed by atoms with E-state index in [2.05, 4.69) is 21.2 Å². The summed E-state index contributed by atoms with van der Waals surface area (Å²) in [6, 6.07) is 7.38. The smallest absolute Gasteiger partial charge is 0.332 e. The second kappa shape index (κ2) is 6.09. The number of benzene rings is 1. The molecule has 1 atom stereocenters. The predicted molar refractivity (Wildman–Crippen MR) is 83.8 cm³/mol. The van der Waals surface area contributed by atoms with Gasteiger partial charge in [-0.15, -0.1) is 0 Å². The molecule has 0 radical (unpaired) electrons. The molecule has 1 aromatic rings. The summed E-state index contributed by atoms with van der Waals surface area (Å²) in [6.07, 6.45) is -1.07. The summed E-state index contributed by atoms with van der Waals surface area (Å²) >= 11 is 3.40. The third-order valence-electron chi connectivity index (χ3n) is 4.72. The zero-order valence-electron chi connectivity index (χ0n) is 12.5. The maximum Gasteiger partial charge on any atom is 0.406 e. The van der Waals surface area contributed by atoms with E-state index >= 15 is 0 Å². The van der Waals surface area contributed by atoms with Gasteiger partial charge in [-0.25, -0.2) is 0 Å². The summed E-state index contributed by atoms with van der Waals surface area (Å²) < 4.78 is 38.5. The van der Waals surface area contributed by atoms with E-state index in [0.717, 1.165) is 34.2 Å². The fraction of sp³-hybridized carbons (Fsp3) is 0.562. The van der Waals surface area contributed by atoms with E-state index < -0.39 is 24.7 Å². The molecule has 2 fully saturated rings. The lowest BCUT2D eigenvalue weighted by atomic mass is 9.71. The van der Waals surface area contributed by atoms with Gasteiger partial charge in [0.25, 0.3) is 0 Å².